The first-order valence-corrected chi connectivity index (χ1v) is 8.81. The zero-order valence-electron chi connectivity index (χ0n) is 15.9. The summed E-state index contributed by atoms with van der Waals surface area (Å²) in [6.45, 7) is 2.34. The van der Waals surface area contributed by atoms with Crippen molar-refractivity contribution in [2.75, 3.05) is 24.4 Å². The van der Waals surface area contributed by atoms with Gasteiger partial charge in [0.1, 0.15) is 0 Å². The standard InChI is InChI=1S/C20H21F3N2O4/c1-3-29-16-10-8-13(12-17(16)28-2)9-11-18(26)24-14-6-4-5-7-15(14)25-19(27)20(21,22)23/h4-8,10,12H,3,9,11H2,1-2H3,(H,24,26)(H,25,27). The van der Waals surface area contributed by atoms with Crippen molar-refractivity contribution in [3.8, 4) is 11.5 Å². The van der Waals surface area contributed by atoms with Gasteiger partial charge < -0.3 is 20.1 Å². The smallest absolute Gasteiger partial charge is 0.471 e. The van der Waals surface area contributed by atoms with E-state index >= 15 is 0 Å². The highest BCUT2D eigenvalue weighted by molar-refractivity contribution is 6.01. The van der Waals surface area contributed by atoms with Crippen molar-refractivity contribution in [1.82, 2.24) is 0 Å². The van der Waals surface area contributed by atoms with Gasteiger partial charge in [-0.05, 0) is 43.2 Å². The molecule has 2 amide bonds. The minimum Gasteiger partial charge on any atom is -0.493 e. The average molecular weight is 410 g/mol. The molecule has 29 heavy (non-hydrogen) atoms. The molecule has 9 heteroatoms. The molecular weight excluding hydrogens is 389 g/mol. The molecule has 2 aromatic carbocycles. The number of hydrogen-bond donors (Lipinski definition) is 2. The third-order valence-corrected chi connectivity index (χ3v) is 3.88. The number of carbonyl (C=O) groups is 2. The molecule has 0 radical (unpaired) electrons. The average Bonchev–Trinajstić information content (AvgIpc) is 2.68. The van der Waals surface area contributed by atoms with Crippen molar-refractivity contribution in [3.05, 3.63) is 48.0 Å². The number of amides is 2. The molecule has 156 valence electrons. The second-order valence-electron chi connectivity index (χ2n) is 5.96. The molecule has 0 bridgehead atoms. The summed E-state index contributed by atoms with van der Waals surface area (Å²) in [4.78, 5) is 23.4. The van der Waals surface area contributed by atoms with Gasteiger partial charge in [0.05, 0.1) is 25.1 Å². The van der Waals surface area contributed by atoms with Gasteiger partial charge in [0.2, 0.25) is 5.91 Å². The van der Waals surface area contributed by atoms with E-state index in [1.54, 1.807) is 23.5 Å². The number of aryl methyl sites for hydroxylation is 1. The number of para-hydroxylation sites is 2. The molecule has 0 aliphatic heterocycles. The summed E-state index contributed by atoms with van der Waals surface area (Å²) in [7, 11) is 1.51. The Kier molecular flexibility index (Phi) is 7.46. The van der Waals surface area contributed by atoms with Gasteiger partial charge in [-0.3, -0.25) is 9.59 Å². The lowest BCUT2D eigenvalue weighted by molar-refractivity contribution is -0.167. The number of ether oxygens (including phenoxy) is 2. The molecule has 0 saturated carbocycles. The minimum atomic E-state index is -5.02. The molecule has 0 heterocycles. The van der Waals surface area contributed by atoms with Crippen LogP contribution < -0.4 is 20.1 Å². The Morgan fingerprint density at radius 1 is 1.00 bits per heavy atom. The largest absolute Gasteiger partial charge is 0.493 e. The zero-order valence-corrected chi connectivity index (χ0v) is 15.9. The van der Waals surface area contributed by atoms with Gasteiger partial charge in [0, 0.05) is 6.42 Å². The van der Waals surface area contributed by atoms with Gasteiger partial charge in [0.15, 0.2) is 11.5 Å². The van der Waals surface area contributed by atoms with Crippen LogP contribution in [0.4, 0.5) is 24.5 Å². The van der Waals surface area contributed by atoms with Crippen LogP contribution in [-0.2, 0) is 16.0 Å². The number of hydrogen-bond acceptors (Lipinski definition) is 4. The Labute approximate surface area is 166 Å². The molecule has 0 spiro atoms. The van der Waals surface area contributed by atoms with E-state index in [0.717, 1.165) is 5.56 Å². The van der Waals surface area contributed by atoms with Crippen molar-refractivity contribution in [2.24, 2.45) is 0 Å². The SMILES string of the molecule is CCOc1ccc(CCC(=O)Nc2ccccc2NC(=O)C(F)(F)F)cc1OC. The highest BCUT2D eigenvalue weighted by Gasteiger charge is 2.39. The van der Waals surface area contributed by atoms with Crippen LogP contribution in [0.25, 0.3) is 0 Å². The topological polar surface area (TPSA) is 76.7 Å². The molecule has 0 saturated heterocycles. The highest BCUT2D eigenvalue weighted by Crippen LogP contribution is 2.29. The normalized spacial score (nSPS) is 10.9. The minimum absolute atomic E-state index is 0.0820. The summed E-state index contributed by atoms with van der Waals surface area (Å²) in [6, 6.07) is 11.0. The summed E-state index contributed by atoms with van der Waals surface area (Å²) in [6.07, 6.45) is -4.56. The van der Waals surface area contributed by atoms with E-state index in [4.69, 9.17) is 9.47 Å². The van der Waals surface area contributed by atoms with Gasteiger partial charge in [0.25, 0.3) is 0 Å². The molecule has 2 aromatic rings. The van der Waals surface area contributed by atoms with E-state index in [1.165, 1.54) is 31.4 Å². The molecule has 0 aromatic heterocycles. The number of rotatable bonds is 8. The lowest BCUT2D eigenvalue weighted by atomic mass is 10.1. The zero-order chi connectivity index (χ0) is 21.4. The third kappa shape index (κ3) is 6.41. The molecule has 0 fully saturated rings. The summed E-state index contributed by atoms with van der Waals surface area (Å²) in [5.41, 5.74) is 0.782. The van der Waals surface area contributed by atoms with Crippen LogP contribution >= 0.6 is 0 Å². The predicted molar refractivity (Wildman–Crippen MR) is 102 cm³/mol. The van der Waals surface area contributed by atoms with Crippen LogP contribution in [-0.4, -0.2) is 31.7 Å². The van der Waals surface area contributed by atoms with E-state index in [9.17, 15) is 22.8 Å². The van der Waals surface area contributed by atoms with E-state index in [0.29, 0.717) is 24.5 Å². The molecule has 6 nitrogen and oxygen atoms in total. The van der Waals surface area contributed by atoms with Crippen LogP contribution in [0.1, 0.15) is 18.9 Å². The van der Waals surface area contributed by atoms with Crippen LogP contribution in [0, 0.1) is 0 Å². The van der Waals surface area contributed by atoms with E-state index in [2.05, 4.69) is 5.32 Å². The summed E-state index contributed by atoms with van der Waals surface area (Å²) < 4.78 is 48.1. The molecule has 2 rings (SSSR count). The molecule has 2 N–H and O–H groups in total. The van der Waals surface area contributed by atoms with Crippen molar-refractivity contribution >= 4 is 23.2 Å². The first-order chi connectivity index (χ1) is 13.7. The van der Waals surface area contributed by atoms with Gasteiger partial charge in [-0.2, -0.15) is 13.2 Å². The van der Waals surface area contributed by atoms with E-state index in [1.807, 2.05) is 6.92 Å². The number of carbonyl (C=O) groups excluding carboxylic acids is 2. The fraction of sp³-hybridized carbons (Fsp3) is 0.300. The number of anilines is 2. The second-order valence-corrected chi connectivity index (χ2v) is 5.96. The van der Waals surface area contributed by atoms with Gasteiger partial charge >= 0.3 is 12.1 Å². The summed E-state index contributed by atoms with van der Waals surface area (Å²) in [5.74, 6) is -1.38. The number of benzene rings is 2. The first-order valence-electron chi connectivity index (χ1n) is 8.81. The Hall–Kier alpha value is -3.23. The van der Waals surface area contributed by atoms with Gasteiger partial charge in [-0.25, -0.2) is 0 Å². The monoisotopic (exact) mass is 410 g/mol. The maximum atomic E-state index is 12.5. The Morgan fingerprint density at radius 3 is 2.24 bits per heavy atom. The van der Waals surface area contributed by atoms with Crippen molar-refractivity contribution < 1.29 is 32.2 Å². The lowest BCUT2D eigenvalue weighted by Crippen LogP contribution is -2.30. The summed E-state index contributed by atoms with van der Waals surface area (Å²) in [5, 5.41) is 4.27. The maximum Gasteiger partial charge on any atom is 0.471 e. The van der Waals surface area contributed by atoms with Crippen LogP contribution in [0.15, 0.2) is 42.5 Å². The van der Waals surface area contributed by atoms with E-state index in [-0.39, 0.29) is 17.8 Å². The highest BCUT2D eigenvalue weighted by atomic mass is 19.4. The Morgan fingerprint density at radius 2 is 1.66 bits per heavy atom. The van der Waals surface area contributed by atoms with Crippen LogP contribution in [0.5, 0.6) is 11.5 Å². The lowest BCUT2D eigenvalue weighted by Gasteiger charge is -2.14. The maximum absolute atomic E-state index is 12.5. The number of halogens is 3. The van der Waals surface area contributed by atoms with Gasteiger partial charge in [-0.15, -0.1) is 0 Å². The molecular formula is C20H21F3N2O4. The van der Waals surface area contributed by atoms with Crippen molar-refractivity contribution in [3.63, 3.8) is 0 Å². The fourth-order valence-electron chi connectivity index (χ4n) is 2.51. The number of nitrogens with one attached hydrogen (secondary N) is 2. The molecule has 0 unspecified atom stereocenters. The Bertz CT molecular complexity index is 869. The quantitative estimate of drug-likeness (QED) is 0.685. The summed E-state index contributed by atoms with van der Waals surface area (Å²) >= 11 is 0. The second kappa shape index (κ2) is 9.81. The number of alkyl halides is 3. The van der Waals surface area contributed by atoms with Crippen LogP contribution in [0.3, 0.4) is 0 Å². The van der Waals surface area contributed by atoms with E-state index < -0.39 is 18.0 Å². The fourth-order valence-corrected chi connectivity index (χ4v) is 2.51. The van der Waals surface area contributed by atoms with Gasteiger partial charge in [-0.1, -0.05) is 18.2 Å². The third-order valence-electron chi connectivity index (χ3n) is 3.88. The van der Waals surface area contributed by atoms with Crippen molar-refractivity contribution in [2.45, 2.75) is 25.9 Å². The molecule has 0 aliphatic carbocycles. The van der Waals surface area contributed by atoms with Crippen molar-refractivity contribution in [1.29, 1.82) is 0 Å². The number of methoxy groups -OCH3 is 1. The first kappa shape index (κ1) is 22.1. The van der Waals surface area contributed by atoms with Crippen LogP contribution in [0.2, 0.25) is 0 Å². The Balaban J connectivity index is 2.01. The predicted octanol–water partition coefficient (Wildman–Crippen LogP) is 4.17. The molecule has 0 atom stereocenters. The molecule has 0 aliphatic rings.